The van der Waals surface area contributed by atoms with E-state index in [1.54, 1.807) is 0 Å². The Morgan fingerprint density at radius 1 is 1.40 bits per heavy atom. The van der Waals surface area contributed by atoms with E-state index in [0.29, 0.717) is 6.04 Å². The fourth-order valence-electron chi connectivity index (χ4n) is 2.42. The molecule has 0 amide bonds. The van der Waals surface area contributed by atoms with Crippen LogP contribution in [0.2, 0.25) is 0 Å². The highest BCUT2D eigenvalue weighted by atomic mass is 15.3. The van der Waals surface area contributed by atoms with Crippen LogP contribution < -0.4 is 5.32 Å². The van der Waals surface area contributed by atoms with E-state index in [0.717, 1.165) is 6.54 Å². The average Bonchev–Trinajstić information content (AvgIpc) is 2.63. The van der Waals surface area contributed by atoms with Crippen molar-refractivity contribution < 1.29 is 0 Å². The summed E-state index contributed by atoms with van der Waals surface area (Å²) >= 11 is 0. The van der Waals surface area contributed by atoms with Gasteiger partial charge in [-0.3, -0.25) is 4.68 Å². The molecule has 1 aliphatic rings. The molecule has 84 valence electrons. The normalized spacial score (nSPS) is 18.3. The maximum atomic E-state index is 4.63. The molecule has 0 saturated heterocycles. The first-order valence-corrected chi connectivity index (χ1v) is 6.00. The first-order valence-electron chi connectivity index (χ1n) is 6.00. The van der Waals surface area contributed by atoms with Crippen LogP contribution in [0.5, 0.6) is 0 Å². The molecule has 1 aliphatic carbocycles. The van der Waals surface area contributed by atoms with Gasteiger partial charge in [0.1, 0.15) is 0 Å². The Morgan fingerprint density at radius 2 is 2.13 bits per heavy atom. The first-order chi connectivity index (χ1) is 7.31. The lowest BCUT2D eigenvalue weighted by Crippen LogP contribution is -2.13. The number of nitrogens with one attached hydrogen (secondary N) is 1. The van der Waals surface area contributed by atoms with Crippen molar-refractivity contribution in [3.63, 3.8) is 0 Å². The highest BCUT2D eigenvalue weighted by Gasteiger charge is 2.16. The second-order valence-corrected chi connectivity index (χ2v) is 4.54. The molecule has 15 heavy (non-hydrogen) atoms. The predicted molar refractivity (Wildman–Crippen MR) is 61.8 cm³/mol. The fourth-order valence-corrected chi connectivity index (χ4v) is 2.42. The molecule has 0 bridgehead atoms. The topological polar surface area (TPSA) is 29.9 Å². The van der Waals surface area contributed by atoms with Crippen LogP contribution in [0.25, 0.3) is 0 Å². The molecule has 3 nitrogen and oxygen atoms in total. The quantitative estimate of drug-likeness (QED) is 0.825. The smallest absolute Gasteiger partial charge is 0.0638 e. The average molecular weight is 207 g/mol. The van der Waals surface area contributed by atoms with E-state index < -0.39 is 0 Å². The van der Waals surface area contributed by atoms with Gasteiger partial charge in [-0.1, -0.05) is 19.3 Å². The van der Waals surface area contributed by atoms with Gasteiger partial charge in [0.05, 0.1) is 11.7 Å². The van der Waals surface area contributed by atoms with Crippen LogP contribution in [0.3, 0.4) is 0 Å². The molecule has 0 radical (unpaired) electrons. The molecule has 1 saturated carbocycles. The number of rotatable bonds is 3. The molecule has 1 heterocycles. The molecule has 1 N–H and O–H groups in total. The van der Waals surface area contributed by atoms with Gasteiger partial charge in [0.25, 0.3) is 0 Å². The third-order valence-electron chi connectivity index (χ3n) is 3.33. The molecule has 1 aromatic heterocycles. The highest BCUT2D eigenvalue weighted by molar-refractivity contribution is 5.15. The van der Waals surface area contributed by atoms with Crippen LogP contribution >= 0.6 is 0 Å². The van der Waals surface area contributed by atoms with Crippen LogP contribution in [0.1, 0.15) is 49.4 Å². The number of nitrogens with zero attached hydrogens (tertiary/aromatic N) is 2. The van der Waals surface area contributed by atoms with Crippen molar-refractivity contribution in [3.8, 4) is 0 Å². The SMILES string of the molecule is CNCc1cn(C2CCCCC2)nc1C. The van der Waals surface area contributed by atoms with E-state index in [1.165, 1.54) is 43.4 Å². The molecule has 1 fully saturated rings. The van der Waals surface area contributed by atoms with E-state index in [9.17, 15) is 0 Å². The van der Waals surface area contributed by atoms with Gasteiger partial charge >= 0.3 is 0 Å². The van der Waals surface area contributed by atoms with Crippen molar-refractivity contribution in [2.75, 3.05) is 7.05 Å². The van der Waals surface area contributed by atoms with Crippen LogP contribution in [0.4, 0.5) is 0 Å². The van der Waals surface area contributed by atoms with E-state index >= 15 is 0 Å². The standard InChI is InChI=1S/C12H21N3/c1-10-11(8-13-2)9-15(14-10)12-6-4-3-5-7-12/h9,12-13H,3-8H2,1-2H3. The first kappa shape index (κ1) is 10.7. The van der Waals surface area contributed by atoms with E-state index in [4.69, 9.17) is 0 Å². The lowest BCUT2D eigenvalue weighted by molar-refractivity contribution is 0.328. The van der Waals surface area contributed by atoms with Gasteiger partial charge in [-0.05, 0) is 26.8 Å². The number of aromatic nitrogens is 2. The lowest BCUT2D eigenvalue weighted by atomic mass is 9.96. The second-order valence-electron chi connectivity index (χ2n) is 4.54. The summed E-state index contributed by atoms with van der Waals surface area (Å²) in [6.45, 7) is 3.03. The zero-order chi connectivity index (χ0) is 10.7. The maximum Gasteiger partial charge on any atom is 0.0638 e. The van der Waals surface area contributed by atoms with Crippen molar-refractivity contribution in [2.45, 2.75) is 51.6 Å². The Labute approximate surface area is 91.9 Å². The summed E-state index contributed by atoms with van der Waals surface area (Å²) in [4.78, 5) is 0. The van der Waals surface area contributed by atoms with Crippen LogP contribution in [-0.4, -0.2) is 16.8 Å². The van der Waals surface area contributed by atoms with Crippen LogP contribution in [-0.2, 0) is 6.54 Å². The van der Waals surface area contributed by atoms with Gasteiger partial charge in [-0.2, -0.15) is 5.10 Å². The van der Waals surface area contributed by atoms with Crippen LogP contribution in [0.15, 0.2) is 6.20 Å². The van der Waals surface area contributed by atoms with Gasteiger partial charge < -0.3 is 5.32 Å². The van der Waals surface area contributed by atoms with Gasteiger partial charge in [0.15, 0.2) is 0 Å². The summed E-state index contributed by atoms with van der Waals surface area (Å²) in [6.07, 6.45) is 8.97. The molecular formula is C12H21N3. The number of aryl methyl sites for hydroxylation is 1. The van der Waals surface area contributed by atoms with Crippen molar-refractivity contribution in [3.05, 3.63) is 17.5 Å². The minimum absolute atomic E-state index is 0.656. The lowest BCUT2D eigenvalue weighted by Gasteiger charge is -2.21. The molecule has 0 atom stereocenters. The van der Waals surface area contributed by atoms with Gasteiger partial charge in [-0.15, -0.1) is 0 Å². The molecule has 0 unspecified atom stereocenters. The Morgan fingerprint density at radius 3 is 2.80 bits per heavy atom. The molecule has 1 aromatic rings. The third kappa shape index (κ3) is 2.40. The Bertz CT molecular complexity index is 311. The summed E-state index contributed by atoms with van der Waals surface area (Å²) < 4.78 is 2.20. The second kappa shape index (κ2) is 4.79. The zero-order valence-corrected chi connectivity index (χ0v) is 9.79. The third-order valence-corrected chi connectivity index (χ3v) is 3.33. The predicted octanol–water partition coefficient (Wildman–Crippen LogP) is 2.42. The largest absolute Gasteiger partial charge is 0.316 e. The monoisotopic (exact) mass is 207 g/mol. The van der Waals surface area contributed by atoms with Crippen LogP contribution in [0, 0.1) is 6.92 Å². The Hall–Kier alpha value is -0.830. The minimum atomic E-state index is 0.656. The summed E-state index contributed by atoms with van der Waals surface area (Å²) in [7, 11) is 1.98. The minimum Gasteiger partial charge on any atom is -0.316 e. The number of hydrogen-bond acceptors (Lipinski definition) is 2. The summed E-state index contributed by atoms with van der Waals surface area (Å²) in [5, 5.41) is 7.82. The van der Waals surface area contributed by atoms with E-state index in [1.807, 2.05) is 7.05 Å². The van der Waals surface area contributed by atoms with Gasteiger partial charge in [0, 0.05) is 18.3 Å². The van der Waals surface area contributed by atoms with Crippen molar-refractivity contribution in [1.82, 2.24) is 15.1 Å². The highest BCUT2D eigenvalue weighted by Crippen LogP contribution is 2.28. The zero-order valence-electron chi connectivity index (χ0n) is 9.79. The summed E-state index contributed by atoms with van der Waals surface area (Å²) in [5.41, 5.74) is 2.51. The van der Waals surface area contributed by atoms with Gasteiger partial charge in [-0.25, -0.2) is 0 Å². The van der Waals surface area contributed by atoms with Crippen molar-refractivity contribution >= 4 is 0 Å². The van der Waals surface area contributed by atoms with E-state index in [2.05, 4.69) is 28.2 Å². The van der Waals surface area contributed by atoms with Crippen molar-refractivity contribution in [2.24, 2.45) is 0 Å². The molecule has 3 heteroatoms. The molecule has 0 spiro atoms. The van der Waals surface area contributed by atoms with Gasteiger partial charge in [0.2, 0.25) is 0 Å². The Kier molecular flexibility index (Phi) is 3.41. The summed E-state index contributed by atoms with van der Waals surface area (Å²) in [6, 6.07) is 0.656. The molecule has 0 aromatic carbocycles. The molecule has 2 rings (SSSR count). The molecular weight excluding hydrogens is 186 g/mol. The fraction of sp³-hybridized carbons (Fsp3) is 0.750. The number of hydrogen-bond donors (Lipinski definition) is 1. The maximum absolute atomic E-state index is 4.63. The van der Waals surface area contributed by atoms with E-state index in [-0.39, 0.29) is 0 Å². The molecule has 0 aliphatic heterocycles. The van der Waals surface area contributed by atoms with Crippen molar-refractivity contribution in [1.29, 1.82) is 0 Å². The summed E-state index contributed by atoms with van der Waals surface area (Å²) in [5.74, 6) is 0. The Balaban J connectivity index is 2.10.